The van der Waals surface area contributed by atoms with Crippen LogP contribution in [0.4, 0.5) is 5.69 Å². The predicted molar refractivity (Wildman–Crippen MR) is 85.5 cm³/mol. The summed E-state index contributed by atoms with van der Waals surface area (Å²) < 4.78 is 4.83. The van der Waals surface area contributed by atoms with Gasteiger partial charge in [-0.1, -0.05) is 19.1 Å². The van der Waals surface area contributed by atoms with E-state index >= 15 is 0 Å². The Morgan fingerprint density at radius 1 is 1.43 bits per heavy atom. The Morgan fingerprint density at radius 3 is 2.76 bits per heavy atom. The molecule has 0 unspecified atom stereocenters. The van der Waals surface area contributed by atoms with Crippen molar-refractivity contribution < 1.29 is 9.53 Å². The molecule has 1 N–H and O–H groups in total. The summed E-state index contributed by atoms with van der Waals surface area (Å²) in [6, 6.07) is 8.53. The average Bonchev–Trinajstić information content (AvgIpc) is 2.47. The lowest BCUT2D eigenvalue weighted by Crippen LogP contribution is -2.34. The molecule has 2 atom stereocenters. The summed E-state index contributed by atoms with van der Waals surface area (Å²) in [7, 11) is 1.53. The van der Waals surface area contributed by atoms with Crippen LogP contribution < -0.4 is 10.2 Å². The van der Waals surface area contributed by atoms with Crippen LogP contribution in [0.1, 0.15) is 38.3 Å². The van der Waals surface area contributed by atoms with Gasteiger partial charge in [0.1, 0.15) is 6.61 Å². The Bertz CT molecular complexity index is 458. The quantitative estimate of drug-likeness (QED) is 0.906. The van der Waals surface area contributed by atoms with Gasteiger partial charge in [-0.25, -0.2) is 0 Å². The van der Waals surface area contributed by atoms with Gasteiger partial charge in [-0.2, -0.15) is 0 Å². The molecule has 0 saturated carbocycles. The highest BCUT2D eigenvalue weighted by Crippen LogP contribution is 2.24. The van der Waals surface area contributed by atoms with E-state index in [-0.39, 0.29) is 18.6 Å². The van der Waals surface area contributed by atoms with Gasteiger partial charge in [-0.15, -0.1) is 0 Å². The molecule has 1 aromatic rings. The van der Waals surface area contributed by atoms with Crippen molar-refractivity contribution in [3.8, 4) is 0 Å². The highest BCUT2D eigenvalue weighted by molar-refractivity contribution is 5.77. The molecular formula is C17H26N2O2. The second-order valence-electron chi connectivity index (χ2n) is 6.01. The van der Waals surface area contributed by atoms with E-state index < -0.39 is 0 Å². The number of nitrogens with zero attached hydrogens (tertiary/aromatic N) is 1. The molecule has 1 aliphatic rings. The predicted octanol–water partition coefficient (Wildman–Crippen LogP) is 2.75. The lowest BCUT2D eigenvalue weighted by Gasteiger charge is -2.33. The Labute approximate surface area is 127 Å². The zero-order valence-electron chi connectivity index (χ0n) is 13.3. The van der Waals surface area contributed by atoms with Gasteiger partial charge in [0, 0.05) is 25.9 Å². The van der Waals surface area contributed by atoms with Gasteiger partial charge in [0.05, 0.1) is 6.04 Å². The standard InChI is InChI=1S/C17H26N2O2/c1-13-5-4-10-19(11-13)16-8-6-15(7-9-16)14(2)18-17(20)12-21-3/h6-9,13-14H,4-5,10-12H2,1-3H3,(H,18,20)/t13-,14-/m1/s1. The fraction of sp³-hybridized carbons (Fsp3) is 0.588. The number of methoxy groups -OCH3 is 1. The Hall–Kier alpha value is -1.55. The van der Waals surface area contributed by atoms with Crippen molar-refractivity contribution in [1.29, 1.82) is 0 Å². The minimum absolute atomic E-state index is 0.00183. The second kappa shape index (κ2) is 7.46. The normalized spacial score (nSPS) is 20.1. The number of nitrogens with one attached hydrogen (secondary N) is 1. The summed E-state index contributed by atoms with van der Waals surface area (Å²) in [5.74, 6) is 0.685. The fourth-order valence-corrected chi connectivity index (χ4v) is 2.90. The van der Waals surface area contributed by atoms with Crippen molar-refractivity contribution in [2.45, 2.75) is 32.7 Å². The molecule has 0 spiro atoms. The molecule has 4 heteroatoms. The summed E-state index contributed by atoms with van der Waals surface area (Å²) >= 11 is 0. The molecule has 1 aromatic carbocycles. The van der Waals surface area contributed by atoms with Crippen LogP contribution in [-0.2, 0) is 9.53 Å². The number of ether oxygens (including phenoxy) is 1. The molecule has 1 fully saturated rings. The van der Waals surface area contributed by atoms with Crippen LogP contribution in [0.3, 0.4) is 0 Å². The second-order valence-corrected chi connectivity index (χ2v) is 6.01. The molecule has 0 radical (unpaired) electrons. The van der Waals surface area contributed by atoms with E-state index in [9.17, 15) is 4.79 Å². The Balaban J connectivity index is 1.96. The van der Waals surface area contributed by atoms with Crippen LogP contribution in [0.2, 0.25) is 0 Å². The molecule has 1 amide bonds. The number of carbonyl (C=O) groups is 1. The number of benzene rings is 1. The number of amides is 1. The van der Waals surface area contributed by atoms with Crippen molar-refractivity contribution >= 4 is 11.6 Å². The number of piperidine rings is 1. The molecule has 21 heavy (non-hydrogen) atoms. The van der Waals surface area contributed by atoms with E-state index in [4.69, 9.17) is 4.74 Å². The van der Waals surface area contributed by atoms with Crippen molar-refractivity contribution in [3.63, 3.8) is 0 Å². The molecule has 2 rings (SSSR count). The number of rotatable bonds is 5. The van der Waals surface area contributed by atoms with Gasteiger partial charge in [0.2, 0.25) is 5.91 Å². The third kappa shape index (κ3) is 4.46. The number of hydrogen-bond acceptors (Lipinski definition) is 3. The largest absolute Gasteiger partial charge is 0.375 e. The van der Waals surface area contributed by atoms with Gasteiger partial charge < -0.3 is 15.0 Å². The maximum atomic E-state index is 11.5. The van der Waals surface area contributed by atoms with E-state index in [1.807, 2.05) is 6.92 Å². The van der Waals surface area contributed by atoms with Gasteiger partial charge in [0.25, 0.3) is 0 Å². The SMILES string of the molecule is COCC(=O)N[C@H](C)c1ccc(N2CCC[C@@H](C)C2)cc1. The fourth-order valence-electron chi connectivity index (χ4n) is 2.90. The molecule has 1 saturated heterocycles. The maximum absolute atomic E-state index is 11.5. The first kappa shape index (κ1) is 15.8. The molecule has 0 aromatic heterocycles. The van der Waals surface area contributed by atoms with E-state index in [0.717, 1.165) is 24.6 Å². The summed E-state index contributed by atoms with van der Waals surface area (Å²) in [6.45, 7) is 6.69. The minimum Gasteiger partial charge on any atom is -0.375 e. The van der Waals surface area contributed by atoms with Crippen LogP contribution in [0.5, 0.6) is 0 Å². The lowest BCUT2D eigenvalue weighted by molar-refractivity contribution is -0.125. The topological polar surface area (TPSA) is 41.6 Å². The van der Waals surface area contributed by atoms with Crippen LogP contribution in [0.25, 0.3) is 0 Å². The van der Waals surface area contributed by atoms with Crippen molar-refractivity contribution in [1.82, 2.24) is 5.32 Å². The summed E-state index contributed by atoms with van der Waals surface area (Å²) in [6.07, 6.45) is 2.60. The van der Waals surface area contributed by atoms with E-state index in [2.05, 4.69) is 41.4 Å². The maximum Gasteiger partial charge on any atom is 0.246 e. The van der Waals surface area contributed by atoms with Crippen LogP contribution in [-0.4, -0.2) is 32.7 Å². The number of hydrogen-bond donors (Lipinski definition) is 1. The average molecular weight is 290 g/mol. The van der Waals surface area contributed by atoms with Gasteiger partial charge in [0.15, 0.2) is 0 Å². The first-order chi connectivity index (χ1) is 10.1. The number of carbonyl (C=O) groups excluding carboxylic acids is 1. The van der Waals surface area contributed by atoms with E-state index in [1.54, 1.807) is 0 Å². The van der Waals surface area contributed by atoms with Crippen molar-refractivity contribution in [3.05, 3.63) is 29.8 Å². The van der Waals surface area contributed by atoms with Gasteiger partial charge >= 0.3 is 0 Å². The zero-order valence-corrected chi connectivity index (χ0v) is 13.3. The van der Waals surface area contributed by atoms with Crippen LogP contribution >= 0.6 is 0 Å². The molecular weight excluding hydrogens is 264 g/mol. The van der Waals surface area contributed by atoms with Crippen molar-refractivity contribution in [2.75, 3.05) is 31.7 Å². The van der Waals surface area contributed by atoms with Crippen LogP contribution in [0, 0.1) is 5.92 Å². The van der Waals surface area contributed by atoms with Gasteiger partial charge in [-0.05, 0) is 43.4 Å². The lowest BCUT2D eigenvalue weighted by atomic mass is 9.99. The molecule has 1 heterocycles. The zero-order chi connectivity index (χ0) is 15.2. The van der Waals surface area contributed by atoms with Gasteiger partial charge in [-0.3, -0.25) is 4.79 Å². The summed E-state index contributed by atoms with van der Waals surface area (Å²) in [4.78, 5) is 14.0. The summed E-state index contributed by atoms with van der Waals surface area (Å²) in [5.41, 5.74) is 2.40. The Morgan fingerprint density at radius 2 is 2.14 bits per heavy atom. The first-order valence-corrected chi connectivity index (χ1v) is 7.73. The highest BCUT2D eigenvalue weighted by Gasteiger charge is 2.17. The third-order valence-electron chi connectivity index (χ3n) is 4.07. The van der Waals surface area contributed by atoms with Crippen LogP contribution in [0.15, 0.2) is 24.3 Å². The molecule has 1 aliphatic heterocycles. The summed E-state index contributed by atoms with van der Waals surface area (Å²) in [5, 5.41) is 2.93. The molecule has 0 aliphatic carbocycles. The number of anilines is 1. The van der Waals surface area contributed by atoms with E-state index in [0.29, 0.717) is 0 Å². The third-order valence-corrected chi connectivity index (χ3v) is 4.07. The minimum atomic E-state index is -0.0843. The monoisotopic (exact) mass is 290 g/mol. The van der Waals surface area contributed by atoms with E-state index in [1.165, 1.54) is 25.6 Å². The Kier molecular flexibility index (Phi) is 5.62. The van der Waals surface area contributed by atoms with Crippen molar-refractivity contribution in [2.24, 2.45) is 5.92 Å². The first-order valence-electron chi connectivity index (χ1n) is 7.73. The smallest absolute Gasteiger partial charge is 0.246 e. The molecule has 0 bridgehead atoms. The molecule has 116 valence electrons. The molecule has 4 nitrogen and oxygen atoms in total. The highest BCUT2D eigenvalue weighted by atomic mass is 16.5.